The maximum absolute atomic E-state index is 6.41. The van der Waals surface area contributed by atoms with Crippen LogP contribution in [-0.2, 0) is 30.8 Å². The number of aryl methyl sites for hydroxylation is 4. The number of furan rings is 2. The maximum atomic E-state index is 6.41. The number of hydrogen-bond donors (Lipinski definition) is 0. The van der Waals surface area contributed by atoms with Crippen LogP contribution in [0.5, 0.6) is 11.5 Å². The van der Waals surface area contributed by atoms with Crippen LogP contribution in [0, 0.1) is 13.8 Å². The second-order valence-electron chi connectivity index (χ2n) is 14.4. The summed E-state index contributed by atoms with van der Waals surface area (Å²) in [4.78, 5) is 0. The molecule has 0 saturated carbocycles. The molecule has 0 atom stereocenters. The fourth-order valence-corrected chi connectivity index (χ4v) is 8.47. The molecular weight excluding hydrogens is 973 g/mol. The number of ether oxygens (including phenoxy) is 2. The van der Waals surface area contributed by atoms with Crippen LogP contribution >= 0.6 is 63.4 Å². The van der Waals surface area contributed by atoms with Crippen LogP contribution in [-0.4, -0.2) is 19.7 Å². The summed E-state index contributed by atoms with van der Waals surface area (Å²) < 4.78 is 22.2. The Kier molecular flexibility index (Phi) is 15.9. The van der Waals surface area contributed by atoms with Crippen LogP contribution in [0.25, 0.3) is 66.4 Å². The molecule has 0 N–H and O–H groups in total. The Bertz CT molecular complexity index is 2600. The van der Waals surface area contributed by atoms with E-state index in [0.29, 0.717) is 31.6 Å². The molecule has 0 unspecified atom stereocenters. The van der Waals surface area contributed by atoms with Gasteiger partial charge in [-0.3, -0.25) is 0 Å². The topological polar surface area (TPSA) is 44.7 Å². The van der Waals surface area contributed by atoms with E-state index in [1.165, 1.54) is 11.1 Å². The van der Waals surface area contributed by atoms with Gasteiger partial charge in [0.2, 0.25) is 0 Å². The summed E-state index contributed by atoms with van der Waals surface area (Å²) in [5.74, 6) is 4.55. The van der Waals surface area contributed by atoms with E-state index < -0.39 is 18.0 Å². The third-order valence-electron chi connectivity index (χ3n) is 10.1. The Hall–Kier alpha value is -2.90. The molecule has 0 amide bonds. The van der Waals surface area contributed by atoms with E-state index in [4.69, 9.17) is 81.7 Å². The van der Waals surface area contributed by atoms with Gasteiger partial charge in [-0.2, -0.15) is 0 Å². The standard InChI is InChI=1S/2C23H19Cl2O2.C2H6Si.2ClH.Zr/c2*1-4-14-6-7-15-9-16(21-8-5-13(2)27-21)10-18(15)22(14)17-11-19(24)23(26-3)20(25)12-17;1-3-2;;;/h2*5-12H,4H2,1-3H3;1-2H3;2*1H;/q2*-1;;;;+2/p-2. The second-order valence-corrected chi connectivity index (χ2v) is 39.0. The van der Waals surface area contributed by atoms with Crippen molar-refractivity contribution in [3.63, 3.8) is 0 Å². The van der Waals surface area contributed by atoms with E-state index in [2.05, 4.69) is 75.5 Å². The Balaban J connectivity index is 0.000000177. The Morgan fingerprint density at radius 3 is 1.18 bits per heavy atom. The van der Waals surface area contributed by atoms with Crippen molar-refractivity contribution in [2.75, 3.05) is 14.2 Å². The van der Waals surface area contributed by atoms with Crippen molar-refractivity contribution in [2.24, 2.45) is 0 Å². The van der Waals surface area contributed by atoms with E-state index >= 15 is 0 Å². The summed E-state index contributed by atoms with van der Waals surface area (Å²) in [6.07, 6.45) is 1.82. The zero-order valence-electron chi connectivity index (χ0n) is 34.6. The van der Waals surface area contributed by atoms with Gasteiger partial charge in [0, 0.05) is 0 Å². The van der Waals surface area contributed by atoms with Crippen molar-refractivity contribution in [3.05, 3.63) is 140 Å². The first kappa shape index (κ1) is 46.6. The molecule has 60 heavy (non-hydrogen) atoms. The molecule has 4 nitrogen and oxygen atoms in total. The Morgan fingerprint density at radius 2 is 0.917 bits per heavy atom. The van der Waals surface area contributed by atoms with E-state index in [1.54, 1.807) is 14.2 Å². The van der Waals surface area contributed by atoms with Crippen LogP contribution in [0.3, 0.4) is 0 Å². The van der Waals surface area contributed by atoms with Crippen LogP contribution in [0.15, 0.2) is 106 Å². The number of rotatable bonds is 8. The van der Waals surface area contributed by atoms with E-state index in [0.717, 1.165) is 90.8 Å². The number of hydrogen-bond acceptors (Lipinski definition) is 4. The molecule has 8 aromatic rings. The van der Waals surface area contributed by atoms with Crippen LogP contribution < -0.4 is 9.47 Å². The van der Waals surface area contributed by atoms with E-state index in [9.17, 15) is 0 Å². The van der Waals surface area contributed by atoms with Crippen molar-refractivity contribution in [2.45, 2.75) is 53.6 Å². The number of halogens is 6. The monoisotopic (exact) mass is 1010 g/mol. The van der Waals surface area contributed by atoms with Gasteiger partial charge < -0.3 is 18.3 Å². The number of methoxy groups -OCH3 is 2. The third kappa shape index (κ3) is 10.3. The predicted octanol–water partition coefficient (Wildman–Crippen LogP) is 17.5. The molecule has 2 heterocycles. The molecular formula is C48H44Cl6O4SiZr-2. The average molecular weight is 1020 g/mol. The summed E-state index contributed by atoms with van der Waals surface area (Å²) in [6, 6.07) is 33.0. The molecule has 0 radical (unpaired) electrons. The predicted molar refractivity (Wildman–Crippen MR) is 256 cm³/mol. The van der Waals surface area contributed by atoms with Crippen molar-refractivity contribution in [3.8, 4) is 56.4 Å². The third-order valence-corrected chi connectivity index (χ3v) is 31.0. The van der Waals surface area contributed by atoms with Gasteiger partial charge in [0.05, 0.1) is 57.4 Å². The van der Waals surface area contributed by atoms with Crippen LogP contribution in [0.2, 0.25) is 33.2 Å². The van der Waals surface area contributed by atoms with Gasteiger partial charge in [-0.25, -0.2) is 0 Å². The first-order chi connectivity index (χ1) is 28.7. The quantitative estimate of drug-likeness (QED) is 0.112. The summed E-state index contributed by atoms with van der Waals surface area (Å²) in [5.41, 5.74) is 8.67. The average Bonchev–Trinajstić information content (AvgIpc) is 4.03. The summed E-state index contributed by atoms with van der Waals surface area (Å²) in [6.45, 7) is 12.5. The molecule has 0 fully saturated rings. The first-order valence-electron chi connectivity index (χ1n) is 19.3. The van der Waals surface area contributed by atoms with E-state index in [-0.39, 0.29) is 5.43 Å². The van der Waals surface area contributed by atoms with Gasteiger partial charge >= 0.3 is 53.5 Å². The molecule has 0 spiro atoms. The molecule has 0 aliphatic heterocycles. The molecule has 0 bridgehead atoms. The zero-order chi connectivity index (χ0) is 43.4. The van der Waals surface area contributed by atoms with Crippen molar-refractivity contribution >= 4 is 90.4 Å². The minimum absolute atomic E-state index is 0.224. The molecule has 8 rings (SSSR count). The van der Waals surface area contributed by atoms with Gasteiger partial charge in [0.15, 0.2) is 11.5 Å². The molecule has 312 valence electrons. The minimum atomic E-state index is -1.65. The number of benzene rings is 4. The fraction of sp³-hybridized carbons (Fsp3) is 0.208. The fourth-order valence-electron chi connectivity index (χ4n) is 7.19. The van der Waals surface area contributed by atoms with Crippen molar-refractivity contribution in [1.82, 2.24) is 0 Å². The number of fused-ring (bicyclic) bond motifs is 2. The zero-order valence-corrected chi connectivity index (χ0v) is 42.5. The van der Waals surface area contributed by atoms with Crippen LogP contribution in [0.1, 0.15) is 36.5 Å². The van der Waals surface area contributed by atoms with Gasteiger partial charge in [-0.1, -0.05) is 94.6 Å². The van der Waals surface area contributed by atoms with Gasteiger partial charge in [0.1, 0.15) is 0 Å². The molecule has 0 saturated heterocycles. The van der Waals surface area contributed by atoms with Crippen molar-refractivity contribution in [1.29, 1.82) is 0 Å². The molecule has 12 heteroatoms. The first-order valence-corrected chi connectivity index (χ1v) is 33.3. The normalized spacial score (nSPS) is 11.0. The molecule has 2 aromatic heterocycles. The summed E-state index contributed by atoms with van der Waals surface area (Å²) in [7, 11) is 14.4. The Labute approximate surface area is 387 Å². The molecule has 0 aliphatic carbocycles. The van der Waals surface area contributed by atoms with Gasteiger partial charge in [-0.15, -0.1) is 57.9 Å². The Morgan fingerprint density at radius 1 is 0.567 bits per heavy atom. The summed E-state index contributed by atoms with van der Waals surface area (Å²) in [5, 5.41) is 6.68. The molecule has 0 aliphatic rings. The molecule has 6 aromatic carbocycles. The SMILES string of the molecule is CCc1ccc2[cH-]c(-c3ccc(C)o3)cc2c1-c1cc(Cl)c(OC)c(Cl)c1.CCc1ccc2[cH-]c(-c3ccc(C)o3)cc2c1-c1cc(Cl)c(OC)c(Cl)c1.C[Si](C)=[Zr]([Cl])[Cl]. The van der Waals surface area contributed by atoms with Crippen molar-refractivity contribution < 1.29 is 36.3 Å². The van der Waals surface area contributed by atoms with Gasteiger partial charge in [0.25, 0.3) is 0 Å². The summed E-state index contributed by atoms with van der Waals surface area (Å²) >= 11 is 24.0. The second kappa shape index (κ2) is 20.5. The van der Waals surface area contributed by atoms with Gasteiger partial charge in [-0.05, 0) is 97.5 Å². The van der Waals surface area contributed by atoms with E-state index in [1.807, 2.05) is 62.4 Å². The van der Waals surface area contributed by atoms with Crippen LogP contribution in [0.4, 0.5) is 0 Å².